The molecule has 0 saturated carbocycles. The number of fused-ring (bicyclic) bond motifs is 1. The molecule has 3 aromatic rings. The first-order valence-corrected chi connectivity index (χ1v) is 6.82. The molecule has 3 rings (SSSR count). The largest absolute Gasteiger partial charge is 0.392 e. The second-order valence-corrected chi connectivity index (χ2v) is 5.25. The van der Waals surface area contributed by atoms with Gasteiger partial charge in [0.25, 0.3) is 0 Å². The van der Waals surface area contributed by atoms with Crippen molar-refractivity contribution in [2.45, 2.75) is 18.9 Å². The van der Waals surface area contributed by atoms with Crippen molar-refractivity contribution in [2.24, 2.45) is 0 Å². The van der Waals surface area contributed by atoms with Crippen LogP contribution >= 0.6 is 11.3 Å². The van der Waals surface area contributed by atoms with Crippen LogP contribution in [0.15, 0.2) is 48.1 Å². The number of aliphatic hydroxyl groups excluding tert-OH is 1. The molecule has 18 heavy (non-hydrogen) atoms. The van der Waals surface area contributed by atoms with E-state index in [-0.39, 0.29) is 6.10 Å². The zero-order valence-electron chi connectivity index (χ0n) is 9.86. The monoisotopic (exact) mass is 258 g/mol. The summed E-state index contributed by atoms with van der Waals surface area (Å²) in [6.45, 7) is 0. The van der Waals surface area contributed by atoms with E-state index in [9.17, 15) is 5.11 Å². The van der Waals surface area contributed by atoms with Gasteiger partial charge < -0.3 is 5.11 Å². The minimum atomic E-state index is -0.378. The molecular weight excluding hydrogens is 244 g/mol. The molecule has 0 amide bonds. The molecule has 4 heteroatoms. The minimum absolute atomic E-state index is 0.378. The molecule has 0 saturated heterocycles. The zero-order valence-corrected chi connectivity index (χ0v) is 10.7. The summed E-state index contributed by atoms with van der Waals surface area (Å²) < 4.78 is 2.00. The quantitative estimate of drug-likeness (QED) is 0.781. The Balaban J connectivity index is 1.67. The van der Waals surface area contributed by atoms with E-state index in [0.717, 1.165) is 16.2 Å². The first kappa shape index (κ1) is 11.4. The summed E-state index contributed by atoms with van der Waals surface area (Å²) in [5, 5.41) is 12.1. The predicted octanol–water partition coefficient (Wildman–Crippen LogP) is 2.54. The molecule has 1 unspecified atom stereocenters. The zero-order chi connectivity index (χ0) is 12.4. The number of rotatable bonds is 4. The van der Waals surface area contributed by atoms with Crippen LogP contribution in [0.5, 0.6) is 0 Å². The Labute approximate surface area is 109 Å². The van der Waals surface area contributed by atoms with Gasteiger partial charge in [-0.25, -0.2) is 4.98 Å². The van der Waals surface area contributed by atoms with Gasteiger partial charge in [-0.05, 0) is 12.0 Å². The second-order valence-electron chi connectivity index (χ2n) is 4.37. The molecule has 2 aromatic heterocycles. The second kappa shape index (κ2) is 4.92. The fourth-order valence-corrected chi connectivity index (χ4v) is 2.79. The molecule has 1 N–H and O–H groups in total. The van der Waals surface area contributed by atoms with E-state index < -0.39 is 0 Å². The van der Waals surface area contributed by atoms with E-state index in [4.69, 9.17) is 0 Å². The number of thiazole rings is 1. The van der Waals surface area contributed by atoms with Crippen LogP contribution in [-0.4, -0.2) is 20.6 Å². The molecule has 92 valence electrons. The van der Waals surface area contributed by atoms with Crippen LogP contribution < -0.4 is 0 Å². The lowest BCUT2D eigenvalue weighted by atomic mass is 10.0. The third-order valence-corrected chi connectivity index (χ3v) is 3.67. The van der Waals surface area contributed by atoms with Crippen LogP contribution in [0.4, 0.5) is 0 Å². The van der Waals surface area contributed by atoms with Gasteiger partial charge in [0.05, 0.1) is 11.8 Å². The Bertz CT molecular complexity index is 601. The first-order chi connectivity index (χ1) is 8.81. The number of imidazole rings is 1. The average Bonchev–Trinajstić information content (AvgIpc) is 2.90. The maximum atomic E-state index is 10.1. The van der Waals surface area contributed by atoms with E-state index in [2.05, 4.69) is 4.98 Å². The molecule has 0 spiro atoms. The smallest absolute Gasteiger partial charge is 0.193 e. The van der Waals surface area contributed by atoms with E-state index in [1.54, 1.807) is 11.3 Å². The number of hydrogen-bond donors (Lipinski definition) is 1. The molecule has 0 bridgehead atoms. The molecule has 1 atom stereocenters. The van der Waals surface area contributed by atoms with Crippen LogP contribution in [0.3, 0.4) is 0 Å². The van der Waals surface area contributed by atoms with E-state index in [1.807, 2.05) is 52.5 Å². The summed E-state index contributed by atoms with van der Waals surface area (Å²) in [6, 6.07) is 10.0. The lowest BCUT2D eigenvalue weighted by Gasteiger charge is -2.08. The number of aliphatic hydroxyl groups is 1. The van der Waals surface area contributed by atoms with Crippen molar-refractivity contribution in [3.8, 4) is 0 Å². The van der Waals surface area contributed by atoms with Gasteiger partial charge in [-0.15, -0.1) is 11.3 Å². The fraction of sp³-hybridized carbons (Fsp3) is 0.214. The third kappa shape index (κ3) is 2.44. The fourth-order valence-electron chi connectivity index (χ4n) is 2.07. The summed E-state index contributed by atoms with van der Waals surface area (Å²) in [4.78, 5) is 5.46. The van der Waals surface area contributed by atoms with Gasteiger partial charge in [-0.1, -0.05) is 30.3 Å². The molecule has 0 aliphatic carbocycles. The minimum Gasteiger partial charge on any atom is -0.392 e. The number of aromatic nitrogens is 2. The summed E-state index contributed by atoms with van der Waals surface area (Å²) in [5.41, 5.74) is 2.11. The van der Waals surface area contributed by atoms with Crippen LogP contribution in [0.25, 0.3) is 4.96 Å². The highest BCUT2D eigenvalue weighted by atomic mass is 32.1. The summed E-state index contributed by atoms with van der Waals surface area (Å²) in [6.07, 6.45) is 4.87. The highest BCUT2D eigenvalue weighted by molar-refractivity contribution is 7.15. The molecule has 2 heterocycles. The summed E-state index contributed by atoms with van der Waals surface area (Å²) >= 11 is 1.61. The maximum absolute atomic E-state index is 10.1. The standard InChI is InChI=1S/C14H14N2OS/c17-13(8-11-4-2-1-3-5-11)9-12-10-16-6-7-18-14(16)15-12/h1-7,10,13,17H,8-9H2. The van der Waals surface area contributed by atoms with E-state index in [1.165, 1.54) is 0 Å². The normalized spacial score (nSPS) is 12.9. The molecule has 1 aromatic carbocycles. The van der Waals surface area contributed by atoms with Gasteiger partial charge in [-0.2, -0.15) is 0 Å². The molecule has 0 aliphatic rings. The predicted molar refractivity (Wildman–Crippen MR) is 72.9 cm³/mol. The first-order valence-electron chi connectivity index (χ1n) is 5.94. The van der Waals surface area contributed by atoms with Crippen LogP contribution in [0.2, 0.25) is 0 Å². The van der Waals surface area contributed by atoms with Crippen LogP contribution in [-0.2, 0) is 12.8 Å². The topological polar surface area (TPSA) is 37.5 Å². The lowest BCUT2D eigenvalue weighted by Crippen LogP contribution is -2.14. The highest BCUT2D eigenvalue weighted by Crippen LogP contribution is 2.14. The van der Waals surface area contributed by atoms with E-state index >= 15 is 0 Å². The van der Waals surface area contributed by atoms with E-state index in [0.29, 0.717) is 12.8 Å². The van der Waals surface area contributed by atoms with Gasteiger partial charge in [-0.3, -0.25) is 4.40 Å². The molecule has 0 fully saturated rings. The molecular formula is C14H14N2OS. The van der Waals surface area contributed by atoms with Crippen molar-refractivity contribution in [1.29, 1.82) is 0 Å². The van der Waals surface area contributed by atoms with Gasteiger partial charge in [0.1, 0.15) is 0 Å². The molecule has 3 nitrogen and oxygen atoms in total. The van der Waals surface area contributed by atoms with Gasteiger partial charge in [0.15, 0.2) is 4.96 Å². The Morgan fingerprint density at radius 1 is 1.22 bits per heavy atom. The lowest BCUT2D eigenvalue weighted by molar-refractivity contribution is 0.174. The maximum Gasteiger partial charge on any atom is 0.193 e. The SMILES string of the molecule is OC(Cc1ccccc1)Cc1cn2ccsc2n1. The molecule has 0 radical (unpaired) electrons. The Kier molecular flexibility index (Phi) is 3.13. The Morgan fingerprint density at radius 2 is 2.06 bits per heavy atom. The Morgan fingerprint density at radius 3 is 2.83 bits per heavy atom. The van der Waals surface area contributed by atoms with Crippen molar-refractivity contribution in [2.75, 3.05) is 0 Å². The van der Waals surface area contributed by atoms with Crippen LogP contribution in [0, 0.1) is 0 Å². The van der Waals surface area contributed by atoms with Crippen molar-refractivity contribution in [3.05, 3.63) is 59.4 Å². The average molecular weight is 258 g/mol. The van der Waals surface area contributed by atoms with Crippen molar-refractivity contribution < 1.29 is 5.11 Å². The van der Waals surface area contributed by atoms with Gasteiger partial charge >= 0.3 is 0 Å². The van der Waals surface area contributed by atoms with Crippen molar-refractivity contribution in [3.63, 3.8) is 0 Å². The van der Waals surface area contributed by atoms with Crippen molar-refractivity contribution in [1.82, 2.24) is 9.38 Å². The summed E-state index contributed by atoms with van der Waals surface area (Å²) in [7, 11) is 0. The van der Waals surface area contributed by atoms with Crippen LogP contribution in [0.1, 0.15) is 11.3 Å². The highest BCUT2D eigenvalue weighted by Gasteiger charge is 2.10. The number of hydrogen-bond acceptors (Lipinski definition) is 3. The van der Waals surface area contributed by atoms with Gasteiger partial charge in [0, 0.05) is 24.2 Å². The summed E-state index contributed by atoms with van der Waals surface area (Å²) in [5.74, 6) is 0. The van der Waals surface area contributed by atoms with Gasteiger partial charge in [0.2, 0.25) is 0 Å². The molecule has 0 aliphatic heterocycles. The third-order valence-electron chi connectivity index (χ3n) is 2.90. The Hall–Kier alpha value is -1.65. The number of nitrogens with zero attached hydrogens (tertiary/aromatic N) is 2. The number of benzene rings is 1. The van der Waals surface area contributed by atoms with Crippen molar-refractivity contribution >= 4 is 16.3 Å².